The van der Waals surface area contributed by atoms with E-state index in [-0.39, 0.29) is 16.7 Å². The number of benzene rings is 1. The second-order valence-electron chi connectivity index (χ2n) is 7.33. The maximum Gasteiger partial charge on any atom is 0.257 e. The third-order valence-electron chi connectivity index (χ3n) is 5.61. The van der Waals surface area contributed by atoms with Crippen molar-refractivity contribution in [2.45, 2.75) is 36.5 Å². The van der Waals surface area contributed by atoms with Gasteiger partial charge in [-0.2, -0.15) is 9.40 Å². The summed E-state index contributed by atoms with van der Waals surface area (Å²) in [6.45, 7) is 2.25. The molecule has 0 unspecified atom stereocenters. The molecule has 0 aliphatic carbocycles. The van der Waals surface area contributed by atoms with Crippen molar-refractivity contribution in [1.29, 1.82) is 0 Å². The number of rotatable bonds is 4. The minimum absolute atomic E-state index is 0.00242. The van der Waals surface area contributed by atoms with Crippen molar-refractivity contribution in [3.63, 3.8) is 0 Å². The minimum atomic E-state index is -3.64. The molecule has 2 aliphatic heterocycles. The normalized spacial score (nSPS) is 19.2. The van der Waals surface area contributed by atoms with Crippen LogP contribution >= 0.6 is 0 Å². The molecule has 1 aromatic heterocycles. The highest BCUT2D eigenvalue weighted by molar-refractivity contribution is 7.89. The number of likely N-dealkylation sites (tertiary alicyclic amines) is 1. The van der Waals surface area contributed by atoms with Gasteiger partial charge in [-0.3, -0.25) is 9.89 Å². The molecule has 0 bridgehead atoms. The van der Waals surface area contributed by atoms with Crippen LogP contribution in [-0.4, -0.2) is 59.9 Å². The number of aromatic amines is 1. The van der Waals surface area contributed by atoms with Gasteiger partial charge in [0.05, 0.1) is 22.3 Å². The summed E-state index contributed by atoms with van der Waals surface area (Å²) in [6.07, 6.45) is 4.83. The highest BCUT2D eigenvalue weighted by Gasteiger charge is 2.33. The highest BCUT2D eigenvalue weighted by atomic mass is 32.2. The summed E-state index contributed by atoms with van der Waals surface area (Å²) < 4.78 is 40.0. The van der Waals surface area contributed by atoms with Crippen molar-refractivity contribution in [1.82, 2.24) is 19.4 Å². The van der Waals surface area contributed by atoms with Crippen LogP contribution in [0.25, 0.3) is 0 Å². The Hall–Kier alpha value is -2.26. The molecule has 2 fully saturated rings. The van der Waals surface area contributed by atoms with Crippen molar-refractivity contribution in [3.8, 4) is 0 Å². The monoisotopic (exact) mass is 406 g/mol. The lowest BCUT2D eigenvalue weighted by atomic mass is 9.92. The molecule has 150 valence electrons. The van der Waals surface area contributed by atoms with E-state index in [1.165, 1.54) is 16.4 Å². The molecule has 4 rings (SSSR count). The average molecular weight is 406 g/mol. The summed E-state index contributed by atoms with van der Waals surface area (Å²) in [5.41, 5.74) is 1.40. The Bertz CT molecular complexity index is 944. The van der Waals surface area contributed by atoms with Crippen LogP contribution in [0.4, 0.5) is 4.39 Å². The first-order chi connectivity index (χ1) is 13.5. The van der Waals surface area contributed by atoms with Gasteiger partial charge in [0.15, 0.2) is 0 Å². The molecule has 9 heteroatoms. The van der Waals surface area contributed by atoms with Gasteiger partial charge in [-0.15, -0.1) is 0 Å². The van der Waals surface area contributed by atoms with Crippen molar-refractivity contribution < 1.29 is 17.6 Å². The van der Waals surface area contributed by atoms with Gasteiger partial charge < -0.3 is 4.90 Å². The number of aromatic nitrogens is 2. The standard InChI is InChI=1S/C19H23FN4O3S/c20-15-3-5-16(6-4-15)28(26,27)24-11-7-14(8-12-24)18-17(13-21-22-18)19(25)23-9-1-2-10-23/h3-6,13-14H,1-2,7-12H2,(H,21,22). The molecule has 0 radical (unpaired) electrons. The summed E-state index contributed by atoms with van der Waals surface area (Å²) in [5, 5.41) is 7.04. The molecule has 0 spiro atoms. The zero-order chi connectivity index (χ0) is 19.7. The van der Waals surface area contributed by atoms with Crippen LogP contribution in [-0.2, 0) is 10.0 Å². The van der Waals surface area contributed by atoms with Gasteiger partial charge >= 0.3 is 0 Å². The summed E-state index contributed by atoms with van der Waals surface area (Å²) in [7, 11) is -3.64. The maximum absolute atomic E-state index is 13.1. The molecule has 2 saturated heterocycles. The van der Waals surface area contributed by atoms with E-state index in [4.69, 9.17) is 0 Å². The number of hydrogen-bond donors (Lipinski definition) is 1. The molecule has 2 aromatic rings. The van der Waals surface area contributed by atoms with Gasteiger partial charge in [0, 0.05) is 32.1 Å². The summed E-state index contributed by atoms with van der Waals surface area (Å²) >= 11 is 0. The van der Waals surface area contributed by atoms with Gasteiger partial charge in [0.2, 0.25) is 10.0 Å². The van der Waals surface area contributed by atoms with Crippen molar-refractivity contribution in [2.24, 2.45) is 0 Å². The zero-order valence-electron chi connectivity index (χ0n) is 15.5. The van der Waals surface area contributed by atoms with E-state index in [2.05, 4.69) is 10.2 Å². The third-order valence-corrected chi connectivity index (χ3v) is 7.52. The Morgan fingerprint density at radius 2 is 1.71 bits per heavy atom. The Morgan fingerprint density at radius 1 is 1.07 bits per heavy atom. The second-order valence-corrected chi connectivity index (χ2v) is 9.27. The molecule has 1 aromatic carbocycles. The lowest BCUT2D eigenvalue weighted by Gasteiger charge is -2.31. The Balaban J connectivity index is 1.46. The first-order valence-electron chi connectivity index (χ1n) is 9.55. The number of amides is 1. The predicted molar refractivity (Wildman–Crippen MR) is 101 cm³/mol. The molecule has 28 heavy (non-hydrogen) atoms. The molecule has 7 nitrogen and oxygen atoms in total. The van der Waals surface area contributed by atoms with E-state index < -0.39 is 15.8 Å². The highest BCUT2D eigenvalue weighted by Crippen LogP contribution is 2.32. The van der Waals surface area contributed by atoms with E-state index in [9.17, 15) is 17.6 Å². The van der Waals surface area contributed by atoms with Crippen LogP contribution in [0.3, 0.4) is 0 Å². The van der Waals surface area contributed by atoms with E-state index in [1.807, 2.05) is 4.90 Å². The number of carbonyl (C=O) groups is 1. The maximum atomic E-state index is 13.1. The number of sulfonamides is 1. The topological polar surface area (TPSA) is 86.4 Å². The lowest BCUT2D eigenvalue weighted by molar-refractivity contribution is 0.0790. The van der Waals surface area contributed by atoms with Crippen LogP contribution in [0.15, 0.2) is 35.4 Å². The third kappa shape index (κ3) is 3.56. The van der Waals surface area contributed by atoms with Gasteiger partial charge in [-0.1, -0.05) is 0 Å². The number of nitrogens with one attached hydrogen (secondary N) is 1. The van der Waals surface area contributed by atoms with Gasteiger partial charge in [0.1, 0.15) is 5.82 Å². The number of H-pyrrole nitrogens is 1. The largest absolute Gasteiger partial charge is 0.339 e. The molecule has 3 heterocycles. The predicted octanol–water partition coefficient (Wildman–Crippen LogP) is 2.35. The first-order valence-corrected chi connectivity index (χ1v) is 11.0. The summed E-state index contributed by atoms with van der Waals surface area (Å²) in [5.74, 6) is -0.404. The van der Waals surface area contributed by atoms with E-state index in [1.54, 1.807) is 6.20 Å². The van der Waals surface area contributed by atoms with Crippen LogP contribution < -0.4 is 0 Å². The zero-order valence-corrected chi connectivity index (χ0v) is 16.3. The Labute approximate surface area is 163 Å². The molecular formula is C19H23FN4O3S. The molecule has 1 N–H and O–H groups in total. The Morgan fingerprint density at radius 3 is 2.36 bits per heavy atom. The van der Waals surface area contributed by atoms with E-state index in [0.29, 0.717) is 31.5 Å². The van der Waals surface area contributed by atoms with Crippen molar-refractivity contribution >= 4 is 15.9 Å². The second kappa shape index (κ2) is 7.63. The smallest absolute Gasteiger partial charge is 0.257 e. The number of halogens is 1. The lowest BCUT2D eigenvalue weighted by Crippen LogP contribution is -2.38. The number of carbonyl (C=O) groups excluding carboxylic acids is 1. The number of hydrogen-bond acceptors (Lipinski definition) is 4. The Kier molecular flexibility index (Phi) is 5.20. The van der Waals surface area contributed by atoms with Gasteiger partial charge in [-0.25, -0.2) is 12.8 Å². The summed E-state index contributed by atoms with van der Waals surface area (Å²) in [6, 6.07) is 4.89. The van der Waals surface area contributed by atoms with Crippen LogP contribution in [0, 0.1) is 5.82 Å². The quantitative estimate of drug-likeness (QED) is 0.845. The van der Waals surface area contributed by atoms with E-state index >= 15 is 0 Å². The van der Waals surface area contributed by atoms with Crippen molar-refractivity contribution in [3.05, 3.63) is 47.5 Å². The molecular weight excluding hydrogens is 383 g/mol. The van der Waals surface area contributed by atoms with Crippen molar-refractivity contribution in [2.75, 3.05) is 26.2 Å². The number of nitrogens with zero attached hydrogens (tertiary/aromatic N) is 3. The molecule has 1 amide bonds. The minimum Gasteiger partial charge on any atom is -0.339 e. The molecule has 2 aliphatic rings. The molecule has 0 atom stereocenters. The average Bonchev–Trinajstić information content (AvgIpc) is 3.40. The fourth-order valence-corrected chi connectivity index (χ4v) is 5.48. The van der Waals surface area contributed by atoms with E-state index in [0.717, 1.165) is 43.8 Å². The first kappa shape index (κ1) is 19.1. The van der Waals surface area contributed by atoms with Gasteiger partial charge in [-0.05, 0) is 49.9 Å². The van der Waals surface area contributed by atoms with Crippen LogP contribution in [0.1, 0.15) is 47.7 Å². The SMILES string of the molecule is O=C(c1cn[nH]c1C1CCN(S(=O)(=O)c2ccc(F)cc2)CC1)N1CCCC1. The van der Waals surface area contributed by atoms with Crippen LogP contribution in [0.2, 0.25) is 0 Å². The molecule has 0 saturated carbocycles. The van der Waals surface area contributed by atoms with Gasteiger partial charge in [0.25, 0.3) is 5.91 Å². The summed E-state index contributed by atoms with van der Waals surface area (Å²) in [4.78, 5) is 14.7. The fraction of sp³-hybridized carbons (Fsp3) is 0.474. The fourth-order valence-electron chi connectivity index (χ4n) is 4.01. The number of piperidine rings is 1. The van der Waals surface area contributed by atoms with Crippen LogP contribution in [0.5, 0.6) is 0 Å².